The van der Waals surface area contributed by atoms with E-state index >= 15 is 0 Å². The molecule has 84 valence electrons. The fraction of sp³-hybridized carbons (Fsp3) is 0.417. The number of hydrogen-bond acceptors (Lipinski definition) is 4. The second kappa shape index (κ2) is 3.80. The van der Waals surface area contributed by atoms with Crippen LogP contribution in [0.3, 0.4) is 0 Å². The van der Waals surface area contributed by atoms with Crippen LogP contribution in [0.2, 0.25) is 0 Å². The van der Waals surface area contributed by atoms with Crippen molar-refractivity contribution in [1.82, 2.24) is 10.6 Å². The van der Waals surface area contributed by atoms with Crippen molar-refractivity contribution < 1.29 is 0 Å². The molecule has 1 aromatic heterocycles. The van der Waals surface area contributed by atoms with Crippen LogP contribution in [0.1, 0.15) is 16.7 Å². The zero-order valence-corrected chi connectivity index (χ0v) is 10.3. The van der Waals surface area contributed by atoms with Gasteiger partial charge in [0.25, 0.3) is 0 Å². The zero-order valence-electron chi connectivity index (χ0n) is 9.45. The predicted molar refractivity (Wildman–Crippen MR) is 68.1 cm³/mol. The SMILES string of the molecule is CC1=CN=C(c2ccc(C)s2)C2NCNC12. The first-order chi connectivity index (χ1) is 7.75. The zero-order chi connectivity index (χ0) is 11.1. The smallest absolute Gasteiger partial charge is 0.0764 e. The van der Waals surface area contributed by atoms with Gasteiger partial charge in [-0.1, -0.05) is 0 Å². The Kier molecular flexibility index (Phi) is 2.42. The molecule has 4 heteroatoms. The monoisotopic (exact) mass is 233 g/mol. The Morgan fingerprint density at radius 1 is 1.25 bits per heavy atom. The minimum Gasteiger partial charge on any atom is -0.296 e. The standard InChI is InChI=1S/C12H15N3S/c1-7-5-13-11(9-4-3-8(2)16-9)12-10(7)14-6-15-12/h3-5,10,12,14-15H,6H2,1-2H3. The third kappa shape index (κ3) is 1.54. The van der Waals surface area contributed by atoms with Crippen LogP contribution in [0.5, 0.6) is 0 Å². The Labute approximate surface area is 99.3 Å². The molecule has 0 aromatic carbocycles. The lowest BCUT2D eigenvalue weighted by molar-refractivity contribution is 0.663. The van der Waals surface area contributed by atoms with E-state index in [0.717, 1.165) is 6.67 Å². The Balaban J connectivity index is 2.01. The lowest BCUT2D eigenvalue weighted by Gasteiger charge is -2.24. The van der Waals surface area contributed by atoms with Crippen LogP contribution in [0, 0.1) is 6.92 Å². The highest BCUT2D eigenvalue weighted by molar-refractivity contribution is 7.14. The molecule has 3 rings (SSSR count). The summed E-state index contributed by atoms with van der Waals surface area (Å²) in [6, 6.07) is 5.08. The number of aliphatic imine (C=N–C) groups is 1. The molecule has 3 heterocycles. The molecule has 0 radical (unpaired) electrons. The summed E-state index contributed by atoms with van der Waals surface area (Å²) < 4.78 is 0. The van der Waals surface area contributed by atoms with E-state index in [9.17, 15) is 0 Å². The van der Waals surface area contributed by atoms with Crippen molar-refractivity contribution in [2.45, 2.75) is 25.9 Å². The van der Waals surface area contributed by atoms with Gasteiger partial charge in [-0.05, 0) is 31.6 Å². The maximum atomic E-state index is 4.60. The van der Waals surface area contributed by atoms with Crippen LogP contribution in [-0.2, 0) is 0 Å². The summed E-state index contributed by atoms with van der Waals surface area (Å²) in [5.41, 5.74) is 2.49. The Hall–Kier alpha value is -0.970. The summed E-state index contributed by atoms with van der Waals surface area (Å²) in [6.07, 6.45) is 1.99. The Morgan fingerprint density at radius 2 is 2.06 bits per heavy atom. The van der Waals surface area contributed by atoms with Crippen molar-refractivity contribution in [3.05, 3.63) is 33.7 Å². The van der Waals surface area contributed by atoms with Crippen LogP contribution in [0.15, 0.2) is 28.9 Å². The molecule has 3 nitrogen and oxygen atoms in total. The first-order valence-corrected chi connectivity index (χ1v) is 6.35. The molecule has 0 saturated carbocycles. The van der Waals surface area contributed by atoms with Crippen molar-refractivity contribution in [3.8, 4) is 0 Å². The molecule has 0 amide bonds. The summed E-state index contributed by atoms with van der Waals surface area (Å²) >= 11 is 1.82. The maximum absolute atomic E-state index is 4.60. The van der Waals surface area contributed by atoms with Gasteiger partial charge in [0, 0.05) is 17.7 Å². The van der Waals surface area contributed by atoms with Crippen molar-refractivity contribution >= 4 is 17.0 Å². The number of thiophene rings is 1. The van der Waals surface area contributed by atoms with E-state index in [1.165, 1.54) is 21.0 Å². The molecule has 2 aliphatic rings. The van der Waals surface area contributed by atoms with Crippen LogP contribution >= 0.6 is 11.3 Å². The second-order valence-corrected chi connectivity index (χ2v) is 5.63. The summed E-state index contributed by atoms with van der Waals surface area (Å²) in [7, 11) is 0. The van der Waals surface area contributed by atoms with E-state index in [4.69, 9.17) is 0 Å². The third-order valence-electron chi connectivity index (χ3n) is 3.16. The average Bonchev–Trinajstić information content (AvgIpc) is 2.87. The van der Waals surface area contributed by atoms with E-state index in [2.05, 4.69) is 41.6 Å². The van der Waals surface area contributed by atoms with Crippen LogP contribution in [-0.4, -0.2) is 24.5 Å². The summed E-state index contributed by atoms with van der Waals surface area (Å²) in [4.78, 5) is 7.22. The van der Waals surface area contributed by atoms with Crippen LogP contribution in [0.4, 0.5) is 0 Å². The topological polar surface area (TPSA) is 36.4 Å². The van der Waals surface area contributed by atoms with E-state index in [-0.39, 0.29) is 0 Å². The van der Waals surface area contributed by atoms with Crippen LogP contribution in [0.25, 0.3) is 0 Å². The quantitative estimate of drug-likeness (QED) is 0.774. The van der Waals surface area contributed by atoms with Gasteiger partial charge in [-0.25, -0.2) is 0 Å². The Bertz CT molecular complexity index is 472. The van der Waals surface area contributed by atoms with Crippen LogP contribution < -0.4 is 10.6 Å². The van der Waals surface area contributed by atoms with Gasteiger partial charge in [-0.2, -0.15) is 0 Å². The van der Waals surface area contributed by atoms with E-state index in [0.29, 0.717) is 12.1 Å². The largest absolute Gasteiger partial charge is 0.296 e. The Morgan fingerprint density at radius 3 is 2.81 bits per heavy atom. The maximum Gasteiger partial charge on any atom is 0.0764 e. The third-order valence-corrected chi connectivity index (χ3v) is 4.19. The fourth-order valence-corrected chi connectivity index (χ4v) is 3.22. The van der Waals surface area contributed by atoms with Gasteiger partial charge < -0.3 is 0 Å². The molecule has 0 spiro atoms. The number of rotatable bonds is 1. The molecule has 1 saturated heterocycles. The molecule has 16 heavy (non-hydrogen) atoms. The van der Waals surface area contributed by atoms with Gasteiger partial charge in [-0.15, -0.1) is 11.3 Å². The van der Waals surface area contributed by atoms with Gasteiger partial charge in [-0.3, -0.25) is 15.6 Å². The molecule has 2 atom stereocenters. The number of aryl methyl sites for hydroxylation is 1. The molecule has 2 aliphatic heterocycles. The second-order valence-electron chi connectivity index (χ2n) is 4.34. The summed E-state index contributed by atoms with van der Waals surface area (Å²) in [5.74, 6) is 0. The highest BCUT2D eigenvalue weighted by Crippen LogP contribution is 2.24. The van der Waals surface area contributed by atoms with Gasteiger partial charge in [0.05, 0.1) is 22.7 Å². The molecule has 0 bridgehead atoms. The normalized spacial score (nSPS) is 28.6. The molecule has 2 unspecified atom stereocenters. The molecule has 1 aromatic rings. The number of hydrogen-bond donors (Lipinski definition) is 2. The van der Waals surface area contributed by atoms with Crippen molar-refractivity contribution in [3.63, 3.8) is 0 Å². The number of fused-ring (bicyclic) bond motifs is 1. The molecular weight excluding hydrogens is 218 g/mol. The lowest BCUT2D eigenvalue weighted by Crippen LogP contribution is -2.43. The number of nitrogens with zero attached hydrogens (tertiary/aromatic N) is 1. The van der Waals surface area contributed by atoms with Crippen molar-refractivity contribution in [2.75, 3.05) is 6.67 Å². The molecule has 0 aliphatic carbocycles. The first-order valence-electron chi connectivity index (χ1n) is 5.53. The summed E-state index contributed by atoms with van der Waals surface area (Å²) in [5, 5.41) is 6.93. The molecule has 1 fully saturated rings. The minimum absolute atomic E-state index is 0.336. The van der Waals surface area contributed by atoms with Gasteiger partial charge in [0.1, 0.15) is 0 Å². The van der Waals surface area contributed by atoms with Crippen molar-refractivity contribution in [1.29, 1.82) is 0 Å². The average molecular weight is 233 g/mol. The first kappa shape index (κ1) is 10.2. The lowest BCUT2D eigenvalue weighted by atomic mass is 9.95. The van der Waals surface area contributed by atoms with E-state index in [1.54, 1.807) is 0 Å². The van der Waals surface area contributed by atoms with Gasteiger partial charge in [0.15, 0.2) is 0 Å². The minimum atomic E-state index is 0.336. The molecular formula is C12H15N3S. The van der Waals surface area contributed by atoms with Crippen molar-refractivity contribution in [2.24, 2.45) is 4.99 Å². The number of nitrogens with one attached hydrogen (secondary N) is 2. The highest BCUT2D eigenvalue weighted by Gasteiger charge is 2.34. The highest BCUT2D eigenvalue weighted by atomic mass is 32.1. The fourth-order valence-electron chi connectivity index (χ4n) is 2.31. The van der Waals surface area contributed by atoms with Gasteiger partial charge >= 0.3 is 0 Å². The predicted octanol–water partition coefficient (Wildman–Crippen LogP) is 1.65. The summed E-state index contributed by atoms with van der Waals surface area (Å²) in [6.45, 7) is 5.14. The van der Waals surface area contributed by atoms with E-state index in [1.807, 2.05) is 17.5 Å². The van der Waals surface area contributed by atoms with E-state index < -0.39 is 0 Å². The molecule has 2 N–H and O–H groups in total. The van der Waals surface area contributed by atoms with Gasteiger partial charge in [0.2, 0.25) is 0 Å².